The minimum atomic E-state index is 0. The van der Waals surface area contributed by atoms with E-state index in [4.69, 9.17) is 0 Å². The third kappa shape index (κ3) is 3.91. The second-order valence-electron chi connectivity index (χ2n) is 4.45. The van der Waals surface area contributed by atoms with E-state index >= 15 is 0 Å². The molecule has 1 heteroatoms. The Kier molecular flexibility index (Phi) is 6.41. The van der Waals surface area contributed by atoms with Gasteiger partial charge in [0.05, 0.1) is 0 Å². The fraction of sp³-hybridized carbons (Fsp3) is 0.375. The molecule has 0 saturated carbocycles. The first kappa shape index (κ1) is 14.4. The molecule has 0 fully saturated rings. The summed E-state index contributed by atoms with van der Waals surface area (Å²) >= 11 is 0. The summed E-state index contributed by atoms with van der Waals surface area (Å²) in [6, 6.07) is 15.3. The molecular formula is C16H21Li. The van der Waals surface area contributed by atoms with Crippen LogP contribution < -0.4 is 0 Å². The summed E-state index contributed by atoms with van der Waals surface area (Å²) in [4.78, 5) is 0. The van der Waals surface area contributed by atoms with E-state index in [1.807, 2.05) is 0 Å². The predicted molar refractivity (Wildman–Crippen MR) is 78.9 cm³/mol. The molecule has 0 unspecified atom stereocenters. The van der Waals surface area contributed by atoms with Gasteiger partial charge in [-0.2, -0.15) is 0 Å². The summed E-state index contributed by atoms with van der Waals surface area (Å²) in [5.74, 6) is 0. The molecule has 86 valence electrons. The van der Waals surface area contributed by atoms with Crippen molar-refractivity contribution < 1.29 is 0 Å². The van der Waals surface area contributed by atoms with Crippen LogP contribution in [-0.2, 0) is 6.42 Å². The molecule has 0 bridgehead atoms. The Morgan fingerprint density at radius 3 is 2.41 bits per heavy atom. The molecule has 0 aromatic heterocycles. The molecule has 0 atom stereocenters. The van der Waals surface area contributed by atoms with Gasteiger partial charge in [0.15, 0.2) is 0 Å². The molecule has 2 aromatic rings. The molecule has 0 radical (unpaired) electrons. The van der Waals surface area contributed by atoms with Crippen molar-refractivity contribution in [2.45, 2.75) is 39.0 Å². The molecule has 0 aliphatic rings. The zero-order valence-corrected chi connectivity index (χ0v) is 10.1. The van der Waals surface area contributed by atoms with Crippen LogP contribution in [0, 0.1) is 0 Å². The number of fused-ring (bicyclic) bond motifs is 1. The van der Waals surface area contributed by atoms with Crippen LogP contribution in [0.25, 0.3) is 10.8 Å². The summed E-state index contributed by atoms with van der Waals surface area (Å²) in [6.45, 7) is 2.26. The van der Waals surface area contributed by atoms with Gasteiger partial charge in [0, 0.05) is 0 Å². The SMILES string of the molecule is CCCCCCc1cccc2ccccc12.[LiH]. The van der Waals surface area contributed by atoms with Crippen LogP contribution >= 0.6 is 0 Å². The van der Waals surface area contributed by atoms with E-state index in [1.165, 1.54) is 48.4 Å². The fourth-order valence-corrected chi connectivity index (χ4v) is 2.25. The second kappa shape index (κ2) is 7.59. The molecule has 0 heterocycles. The number of rotatable bonds is 5. The van der Waals surface area contributed by atoms with Crippen LogP contribution in [0.2, 0.25) is 0 Å². The normalized spacial score (nSPS) is 10.2. The van der Waals surface area contributed by atoms with Crippen molar-refractivity contribution in [3.05, 3.63) is 48.0 Å². The Morgan fingerprint density at radius 1 is 0.824 bits per heavy atom. The van der Waals surface area contributed by atoms with Gasteiger partial charge in [-0.1, -0.05) is 68.7 Å². The molecule has 0 N–H and O–H groups in total. The van der Waals surface area contributed by atoms with Crippen molar-refractivity contribution in [2.24, 2.45) is 0 Å². The van der Waals surface area contributed by atoms with Crippen LogP contribution in [0.5, 0.6) is 0 Å². The average molecular weight is 220 g/mol. The molecule has 0 aliphatic heterocycles. The first-order chi connectivity index (χ1) is 7.92. The quantitative estimate of drug-likeness (QED) is 0.520. The van der Waals surface area contributed by atoms with E-state index < -0.39 is 0 Å². The van der Waals surface area contributed by atoms with Crippen molar-refractivity contribution in [3.63, 3.8) is 0 Å². The molecule has 0 amide bonds. The number of aryl methyl sites for hydroxylation is 1. The van der Waals surface area contributed by atoms with Crippen LogP contribution in [0.1, 0.15) is 38.2 Å². The monoisotopic (exact) mass is 220 g/mol. The molecular weight excluding hydrogens is 199 g/mol. The van der Waals surface area contributed by atoms with E-state index in [0.29, 0.717) is 0 Å². The van der Waals surface area contributed by atoms with E-state index in [-0.39, 0.29) is 18.9 Å². The maximum atomic E-state index is 2.27. The van der Waals surface area contributed by atoms with E-state index in [1.54, 1.807) is 0 Å². The molecule has 0 spiro atoms. The van der Waals surface area contributed by atoms with Crippen molar-refractivity contribution in [1.82, 2.24) is 0 Å². The topological polar surface area (TPSA) is 0 Å². The number of hydrogen-bond donors (Lipinski definition) is 0. The van der Waals surface area contributed by atoms with Gasteiger partial charge in [0.2, 0.25) is 0 Å². The number of benzene rings is 2. The fourth-order valence-electron chi connectivity index (χ4n) is 2.25. The Bertz CT molecular complexity index is 443. The predicted octanol–water partition coefficient (Wildman–Crippen LogP) is 4.31. The third-order valence-electron chi connectivity index (χ3n) is 3.18. The summed E-state index contributed by atoms with van der Waals surface area (Å²) in [5, 5.41) is 2.80. The van der Waals surface area contributed by atoms with Crippen LogP contribution in [0.3, 0.4) is 0 Å². The Hall–Kier alpha value is -0.703. The standard InChI is InChI=1S/C16H20.Li.H/c1-2-3-4-5-9-14-11-8-12-15-10-6-7-13-16(14)15;;/h6-8,10-13H,2-5,9H2,1H3;;. The average Bonchev–Trinajstić information content (AvgIpc) is 2.35. The number of unbranched alkanes of at least 4 members (excludes halogenated alkanes) is 3. The first-order valence-electron chi connectivity index (χ1n) is 6.38. The summed E-state index contributed by atoms with van der Waals surface area (Å²) < 4.78 is 0. The van der Waals surface area contributed by atoms with Gasteiger partial charge in [-0.15, -0.1) is 0 Å². The zero-order chi connectivity index (χ0) is 11.2. The van der Waals surface area contributed by atoms with Crippen molar-refractivity contribution in [1.29, 1.82) is 0 Å². The zero-order valence-electron chi connectivity index (χ0n) is 10.1. The van der Waals surface area contributed by atoms with Crippen LogP contribution in [0.15, 0.2) is 42.5 Å². The van der Waals surface area contributed by atoms with E-state index in [0.717, 1.165) is 0 Å². The third-order valence-corrected chi connectivity index (χ3v) is 3.18. The van der Waals surface area contributed by atoms with Gasteiger partial charge in [0.25, 0.3) is 0 Å². The molecule has 17 heavy (non-hydrogen) atoms. The molecule has 0 saturated heterocycles. The van der Waals surface area contributed by atoms with Crippen molar-refractivity contribution >= 4 is 29.6 Å². The summed E-state index contributed by atoms with van der Waals surface area (Å²) in [7, 11) is 0. The maximum absolute atomic E-state index is 2.27. The first-order valence-corrected chi connectivity index (χ1v) is 6.38. The summed E-state index contributed by atoms with van der Waals surface area (Å²) in [6.07, 6.45) is 6.59. The number of hydrogen-bond acceptors (Lipinski definition) is 0. The molecule has 2 aromatic carbocycles. The van der Waals surface area contributed by atoms with Crippen LogP contribution in [-0.4, -0.2) is 18.9 Å². The summed E-state index contributed by atoms with van der Waals surface area (Å²) in [5.41, 5.74) is 1.51. The van der Waals surface area contributed by atoms with Crippen LogP contribution in [0.4, 0.5) is 0 Å². The van der Waals surface area contributed by atoms with Crippen molar-refractivity contribution in [2.75, 3.05) is 0 Å². The van der Waals surface area contributed by atoms with E-state index in [2.05, 4.69) is 49.4 Å². The molecule has 0 aliphatic carbocycles. The Labute approximate surface area is 117 Å². The second-order valence-corrected chi connectivity index (χ2v) is 4.45. The Morgan fingerprint density at radius 2 is 1.59 bits per heavy atom. The Balaban J connectivity index is 0.00000144. The van der Waals surface area contributed by atoms with Gasteiger partial charge in [-0.25, -0.2) is 0 Å². The van der Waals surface area contributed by atoms with Gasteiger partial charge < -0.3 is 0 Å². The molecule has 0 nitrogen and oxygen atoms in total. The van der Waals surface area contributed by atoms with Gasteiger partial charge >= 0.3 is 18.9 Å². The minimum absolute atomic E-state index is 0. The molecule has 2 rings (SSSR count). The van der Waals surface area contributed by atoms with Gasteiger partial charge in [-0.05, 0) is 29.2 Å². The van der Waals surface area contributed by atoms with Gasteiger partial charge in [-0.3, -0.25) is 0 Å². The van der Waals surface area contributed by atoms with Crippen molar-refractivity contribution in [3.8, 4) is 0 Å². The van der Waals surface area contributed by atoms with Gasteiger partial charge in [0.1, 0.15) is 0 Å². The van der Waals surface area contributed by atoms with E-state index in [9.17, 15) is 0 Å².